The van der Waals surface area contributed by atoms with Gasteiger partial charge < -0.3 is 20.1 Å². The summed E-state index contributed by atoms with van der Waals surface area (Å²) in [5, 5.41) is 0. The van der Waals surface area contributed by atoms with Gasteiger partial charge >= 0.3 is 0 Å². The fourth-order valence-corrected chi connectivity index (χ4v) is 3.78. The largest absolute Gasteiger partial charge is 0.493 e. The summed E-state index contributed by atoms with van der Waals surface area (Å²) in [6.07, 6.45) is 2.05. The summed E-state index contributed by atoms with van der Waals surface area (Å²) in [6.45, 7) is 4.68. The van der Waals surface area contributed by atoms with Crippen LogP contribution in [0.5, 0.6) is 11.5 Å². The Morgan fingerprint density at radius 2 is 1.93 bits per heavy atom. The lowest BCUT2D eigenvalue weighted by Gasteiger charge is -2.18. The van der Waals surface area contributed by atoms with Crippen molar-refractivity contribution in [2.45, 2.75) is 25.7 Å². The molecule has 5 heteroatoms. The zero-order valence-corrected chi connectivity index (χ0v) is 16.8. The summed E-state index contributed by atoms with van der Waals surface area (Å²) in [5.41, 5.74) is 7.87. The van der Waals surface area contributed by atoms with Crippen LogP contribution in [0, 0.1) is 5.92 Å². The molecule has 28 heavy (non-hydrogen) atoms. The number of likely N-dealkylation sites (tertiary alicyclic amines) is 1. The van der Waals surface area contributed by atoms with E-state index in [4.69, 9.17) is 15.2 Å². The molecule has 2 atom stereocenters. The van der Waals surface area contributed by atoms with Crippen LogP contribution in [0.3, 0.4) is 0 Å². The van der Waals surface area contributed by atoms with Crippen LogP contribution in [0.2, 0.25) is 0 Å². The van der Waals surface area contributed by atoms with E-state index >= 15 is 0 Å². The van der Waals surface area contributed by atoms with E-state index in [1.807, 2.05) is 35.2 Å². The smallest absolute Gasteiger partial charge is 0.254 e. The van der Waals surface area contributed by atoms with Crippen molar-refractivity contribution in [3.63, 3.8) is 0 Å². The van der Waals surface area contributed by atoms with E-state index in [2.05, 4.69) is 19.1 Å². The molecule has 0 radical (unpaired) electrons. The maximum absolute atomic E-state index is 13.1. The number of carbonyl (C=O) groups excluding carboxylic acids is 1. The molecule has 1 heterocycles. The highest BCUT2D eigenvalue weighted by Gasteiger charge is 2.35. The molecule has 150 valence electrons. The van der Waals surface area contributed by atoms with Crippen molar-refractivity contribution in [3.05, 3.63) is 59.7 Å². The van der Waals surface area contributed by atoms with Crippen molar-refractivity contribution in [2.75, 3.05) is 33.4 Å². The minimum Gasteiger partial charge on any atom is -0.493 e. The van der Waals surface area contributed by atoms with Crippen LogP contribution >= 0.6 is 0 Å². The summed E-state index contributed by atoms with van der Waals surface area (Å²) >= 11 is 0. The van der Waals surface area contributed by atoms with E-state index in [1.54, 1.807) is 13.2 Å². The van der Waals surface area contributed by atoms with Gasteiger partial charge in [-0.3, -0.25) is 4.79 Å². The summed E-state index contributed by atoms with van der Waals surface area (Å²) in [4.78, 5) is 15.0. The van der Waals surface area contributed by atoms with Gasteiger partial charge in [0.05, 0.1) is 13.7 Å². The molecule has 1 amide bonds. The number of carbonyl (C=O) groups is 1. The summed E-state index contributed by atoms with van der Waals surface area (Å²) in [7, 11) is 1.60. The van der Waals surface area contributed by atoms with Gasteiger partial charge in [-0.2, -0.15) is 0 Å². The van der Waals surface area contributed by atoms with E-state index in [-0.39, 0.29) is 17.7 Å². The van der Waals surface area contributed by atoms with Crippen molar-refractivity contribution in [1.82, 2.24) is 4.90 Å². The third-order valence-electron chi connectivity index (χ3n) is 5.42. The highest BCUT2D eigenvalue weighted by Crippen LogP contribution is 2.34. The molecule has 0 unspecified atom stereocenters. The first-order valence-corrected chi connectivity index (χ1v) is 10.0. The Morgan fingerprint density at radius 1 is 1.14 bits per heavy atom. The molecule has 1 aliphatic heterocycles. The number of methoxy groups -OCH3 is 1. The number of ether oxygens (including phenoxy) is 2. The van der Waals surface area contributed by atoms with Crippen LogP contribution in [-0.2, 0) is 0 Å². The van der Waals surface area contributed by atoms with E-state index in [0.717, 1.165) is 12.8 Å². The second-order valence-corrected chi connectivity index (χ2v) is 7.29. The Bertz CT molecular complexity index is 779. The average Bonchev–Trinajstić information content (AvgIpc) is 3.18. The fraction of sp³-hybridized carbons (Fsp3) is 0.435. The van der Waals surface area contributed by atoms with Crippen LogP contribution < -0.4 is 15.2 Å². The van der Waals surface area contributed by atoms with Crippen molar-refractivity contribution >= 4 is 5.91 Å². The highest BCUT2D eigenvalue weighted by molar-refractivity contribution is 5.95. The first kappa shape index (κ1) is 20.2. The molecular weight excluding hydrogens is 352 g/mol. The Labute approximate surface area is 167 Å². The van der Waals surface area contributed by atoms with Crippen LogP contribution in [0.15, 0.2) is 48.5 Å². The zero-order valence-electron chi connectivity index (χ0n) is 16.8. The number of benzene rings is 2. The first-order chi connectivity index (χ1) is 13.7. The van der Waals surface area contributed by atoms with E-state index in [1.165, 1.54) is 5.56 Å². The second-order valence-electron chi connectivity index (χ2n) is 7.29. The molecule has 0 aliphatic carbocycles. The minimum atomic E-state index is 0.00953. The molecule has 2 aromatic rings. The molecule has 2 aromatic carbocycles. The number of amides is 1. The number of nitrogens with two attached hydrogens (primary N) is 1. The molecule has 0 spiro atoms. The molecular formula is C23H30N2O3. The van der Waals surface area contributed by atoms with Gasteiger partial charge in [-0.05, 0) is 42.6 Å². The molecule has 1 saturated heterocycles. The predicted octanol–water partition coefficient (Wildman–Crippen LogP) is 3.69. The molecule has 0 saturated carbocycles. The average molecular weight is 383 g/mol. The van der Waals surface area contributed by atoms with Crippen LogP contribution in [-0.4, -0.2) is 44.2 Å². The normalized spacial score (nSPS) is 18.9. The second kappa shape index (κ2) is 9.60. The molecule has 2 N–H and O–H groups in total. The molecule has 3 rings (SSSR count). The van der Waals surface area contributed by atoms with Gasteiger partial charge in [-0.25, -0.2) is 0 Å². The lowest BCUT2D eigenvalue weighted by molar-refractivity contribution is 0.0786. The number of nitrogens with zero attached hydrogens (tertiary/aromatic N) is 1. The monoisotopic (exact) mass is 382 g/mol. The van der Waals surface area contributed by atoms with Gasteiger partial charge in [0.15, 0.2) is 11.5 Å². The number of rotatable bonds is 8. The summed E-state index contributed by atoms with van der Waals surface area (Å²) in [5.74, 6) is 1.82. The third kappa shape index (κ3) is 4.47. The van der Waals surface area contributed by atoms with Crippen molar-refractivity contribution in [1.29, 1.82) is 0 Å². The molecule has 0 aromatic heterocycles. The highest BCUT2D eigenvalue weighted by atomic mass is 16.5. The van der Waals surface area contributed by atoms with E-state index < -0.39 is 0 Å². The summed E-state index contributed by atoms with van der Waals surface area (Å²) in [6, 6.07) is 15.7. The summed E-state index contributed by atoms with van der Waals surface area (Å²) < 4.78 is 11.2. The van der Waals surface area contributed by atoms with Gasteiger partial charge in [0.2, 0.25) is 0 Å². The van der Waals surface area contributed by atoms with Crippen LogP contribution in [0.25, 0.3) is 0 Å². The molecule has 5 nitrogen and oxygen atoms in total. The minimum absolute atomic E-state index is 0.00953. The van der Waals surface area contributed by atoms with Crippen molar-refractivity contribution in [2.24, 2.45) is 11.7 Å². The van der Waals surface area contributed by atoms with Gasteiger partial charge in [0.1, 0.15) is 0 Å². The Kier molecular flexibility index (Phi) is 6.93. The number of unbranched alkanes of at least 4 members (excludes halogenated alkanes) is 1. The molecule has 0 bridgehead atoms. The topological polar surface area (TPSA) is 64.8 Å². The lowest BCUT2D eigenvalue weighted by Crippen LogP contribution is -2.29. The lowest BCUT2D eigenvalue weighted by atomic mass is 9.89. The number of hydrogen-bond acceptors (Lipinski definition) is 4. The first-order valence-electron chi connectivity index (χ1n) is 10.0. The van der Waals surface area contributed by atoms with Crippen LogP contribution in [0.1, 0.15) is 41.6 Å². The SMILES string of the molecule is CCCCOc1ccc(C(=O)N2C[C@@H](CN)[C@H](c3ccccc3)C2)cc1OC. The van der Waals surface area contributed by atoms with Gasteiger partial charge in [0.25, 0.3) is 5.91 Å². The van der Waals surface area contributed by atoms with E-state index in [9.17, 15) is 4.79 Å². The maximum Gasteiger partial charge on any atom is 0.254 e. The fourth-order valence-electron chi connectivity index (χ4n) is 3.78. The van der Waals surface area contributed by atoms with Gasteiger partial charge in [-0.15, -0.1) is 0 Å². The molecule has 1 fully saturated rings. The third-order valence-corrected chi connectivity index (χ3v) is 5.42. The van der Waals surface area contributed by atoms with E-state index in [0.29, 0.717) is 43.3 Å². The van der Waals surface area contributed by atoms with Crippen LogP contribution in [0.4, 0.5) is 0 Å². The predicted molar refractivity (Wildman–Crippen MR) is 111 cm³/mol. The Hall–Kier alpha value is -2.53. The van der Waals surface area contributed by atoms with Crippen molar-refractivity contribution in [3.8, 4) is 11.5 Å². The van der Waals surface area contributed by atoms with Gasteiger partial charge in [-0.1, -0.05) is 43.7 Å². The Balaban J connectivity index is 1.74. The Morgan fingerprint density at radius 3 is 2.61 bits per heavy atom. The quantitative estimate of drug-likeness (QED) is 0.707. The van der Waals surface area contributed by atoms with Crippen molar-refractivity contribution < 1.29 is 14.3 Å². The zero-order chi connectivity index (χ0) is 19.9. The maximum atomic E-state index is 13.1. The molecule has 1 aliphatic rings. The standard InChI is InChI=1S/C23H30N2O3/c1-3-4-12-28-21-11-10-18(13-22(21)27-2)23(26)25-15-19(14-24)20(16-25)17-8-6-5-7-9-17/h5-11,13,19-20H,3-4,12,14-16,24H2,1-2H3/t19-,20+/m1/s1. The number of hydrogen-bond donors (Lipinski definition) is 1. The van der Waals surface area contributed by atoms with Gasteiger partial charge in [0, 0.05) is 24.6 Å².